The van der Waals surface area contributed by atoms with Gasteiger partial charge < -0.3 is 10.5 Å². The van der Waals surface area contributed by atoms with Gasteiger partial charge in [0.1, 0.15) is 11.5 Å². The quantitative estimate of drug-likeness (QED) is 0.794. The van der Waals surface area contributed by atoms with Crippen molar-refractivity contribution < 1.29 is 4.74 Å². The maximum Gasteiger partial charge on any atom is 0.204 e. The minimum atomic E-state index is 0.331. The van der Waals surface area contributed by atoms with Crippen LogP contribution >= 0.6 is 0 Å². The molecule has 1 aliphatic rings. The summed E-state index contributed by atoms with van der Waals surface area (Å²) in [6.45, 7) is 4.93. The van der Waals surface area contributed by atoms with Crippen LogP contribution in [0.2, 0.25) is 0 Å². The van der Waals surface area contributed by atoms with Crippen LogP contribution in [0.1, 0.15) is 31.0 Å². The van der Waals surface area contributed by atoms with Crippen LogP contribution < -0.4 is 10.5 Å². The predicted molar refractivity (Wildman–Crippen MR) is 62.9 cm³/mol. The van der Waals surface area contributed by atoms with Crippen LogP contribution in [-0.2, 0) is 6.42 Å². The lowest BCUT2D eigenvalue weighted by Gasteiger charge is -2.05. The third-order valence-corrected chi connectivity index (χ3v) is 3.04. The Morgan fingerprint density at radius 2 is 2.25 bits per heavy atom. The molecule has 4 nitrogen and oxygen atoms in total. The van der Waals surface area contributed by atoms with Crippen molar-refractivity contribution in [3.8, 4) is 5.88 Å². The minimum absolute atomic E-state index is 0.331. The lowest BCUT2D eigenvalue weighted by molar-refractivity contribution is 0.341. The van der Waals surface area contributed by atoms with Gasteiger partial charge in [-0.15, -0.1) is 0 Å². The lowest BCUT2D eigenvalue weighted by atomic mass is 10.1. The molecule has 0 aliphatic carbocycles. The number of rotatable bonds is 1. The van der Waals surface area contributed by atoms with E-state index in [0.29, 0.717) is 11.7 Å². The van der Waals surface area contributed by atoms with Gasteiger partial charge in [0.2, 0.25) is 5.88 Å². The number of hydrogen-bond acceptors (Lipinski definition) is 3. The molecule has 0 fully saturated rings. The highest BCUT2D eigenvalue weighted by molar-refractivity contribution is 5.58. The second-order valence-electron chi connectivity index (χ2n) is 4.49. The predicted octanol–water partition coefficient (Wildman–Crippen LogP) is 1.97. The largest absolute Gasteiger partial charge is 0.478 e. The van der Waals surface area contributed by atoms with Crippen molar-refractivity contribution in [1.29, 1.82) is 0 Å². The first-order valence-electron chi connectivity index (χ1n) is 5.61. The van der Waals surface area contributed by atoms with Crippen molar-refractivity contribution in [3.05, 3.63) is 23.4 Å². The van der Waals surface area contributed by atoms with Gasteiger partial charge in [0.25, 0.3) is 0 Å². The summed E-state index contributed by atoms with van der Waals surface area (Å²) in [6, 6.07) is 4.09. The fraction of sp³-hybridized carbons (Fsp3) is 0.417. The fourth-order valence-corrected chi connectivity index (χ4v) is 2.21. The van der Waals surface area contributed by atoms with Gasteiger partial charge in [-0.25, -0.2) is 9.38 Å². The second kappa shape index (κ2) is 3.14. The van der Waals surface area contributed by atoms with E-state index in [0.717, 1.165) is 30.2 Å². The van der Waals surface area contributed by atoms with E-state index in [4.69, 9.17) is 10.5 Å². The average molecular weight is 217 g/mol. The fourth-order valence-electron chi connectivity index (χ4n) is 2.21. The number of aromatic nitrogens is 2. The molecule has 4 heteroatoms. The first-order chi connectivity index (χ1) is 7.68. The van der Waals surface area contributed by atoms with E-state index in [1.54, 1.807) is 0 Å². The molecule has 0 amide bonds. The van der Waals surface area contributed by atoms with Gasteiger partial charge in [-0.1, -0.05) is 13.8 Å². The molecule has 0 spiro atoms. The average Bonchev–Trinajstić information content (AvgIpc) is 2.81. The Hall–Kier alpha value is -1.71. The Balaban J connectivity index is 2.35. The number of nitrogens with two attached hydrogens (primary N) is 1. The smallest absolute Gasteiger partial charge is 0.204 e. The maximum absolute atomic E-state index is 6.13. The minimum Gasteiger partial charge on any atom is -0.478 e. The molecule has 84 valence electrons. The highest BCUT2D eigenvalue weighted by Gasteiger charge is 2.20. The van der Waals surface area contributed by atoms with Crippen LogP contribution in [0.3, 0.4) is 0 Å². The molecule has 16 heavy (non-hydrogen) atoms. The van der Waals surface area contributed by atoms with Crippen LogP contribution in [0.15, 0.2) is 12.1 Å². The number of pyridine rings is 1. The summed E-state index contributed by atoms with van der Waals surface area (Å²) in [5.41, 5.74) is 9.17. The van der Waals surface area contributed by atoms with Crippen molar-refractivity contribution in [2.45, 2.75) is 26.2 Å². The molecular formula is C12H15N3O. The highest BCUT2D eigenvalue weighted by atomic mass is 16.5. The van der Waals surface area contributed by atoms with Gasteiger partial charge >= 0.3 is 0 Å². The van der Waals surface area contributed by atoms with Gasteiger partial charge in [0.15, 0.2) is 0 Å². The molecular weight excluding hydrogens is 202 g/mol. The summed E-state index contributed by atoms with van der Waals surface area (Å²) in [5.74, 6) is 1.91. The Bertz CT molecular complexity index is 557. The van der Waals surface area contributed by atoms with E-state index in [9.17, 15) is 0 Å². The van der Waals surface area contributed by atoms with Crippen LogP contribution in [0.25, 0.3) is 5.65 Å². The number of imidazole rings is 1. The molecule has 0 bridgehead atoms. The zero-order valence-corrected chi connectivity index (χ0v) is 9.53. The van der Waals surface area contributed by atoms with Crippen molar-refractivity contribution >= 4 is 11.5 Å². The molecule has 0 atom stereocenters. The summed E-state index contributed by atoms with van der Waals surface area (Å²) in [7, 11) is 0. The van der Waals surface area contributed by atoms with Crippen molar-refractivity contribution in [2.24, 2.45) is 0 Å². The van der Waals surface area contributed by atoms with E-state index < -0.39 is 0 Å². The Morgan fingerprint density at radius 3 is 3.00 bits per heavy atom. The molecule has 1 aliphatic heterocycles. The third kappa shape index (κ3) is 1.13. The van der Waals surface area contributed by atoms with E-state index in [1.165, 1.54) is 5.56 Å². The van der Waals surface area contributed by atoms with Gasteiger partial charge in [-0.05, 0) is 18.1 Å². The maximum atomic E-state index is 6.13. The second-order valence-corrected chi connectivity index (χ2v) is 4.49. The molecule has 0 aromatic carbocycles. The molecule has 0 saturated heterocycles. The van der Waals surface area contributed by atoms with Crippen LogP contribution in [-0.4, -0.2) is 16.0 Å². The van der Waals surface area contributed by atoms with Gasteiger partial charge in [-0.3, -0.25) is 0 Å². The number of ether oxygens (including phenoxy) is 1. The third-order valence-electron chi connectivity index (χ3n) is 3.04. The number of nitrogen functional groups attached to an aromatic ring is 1. The van der Waals surface area contributed by atoms with Gasteiger partial charge in [0.05, 0.1) is 12.3 Å². The van der Waals surface area contributed by atoms with Crippen molar-refractivity contribution in [3.63, 3.8) is 0 Å². The molecule has 3 heterocycles. The molecule has 3 rings (SSSR count). The van der Waals surface area contributed by atoms with Gasteiger partial charge in [0, 0.05) is 12.0 Å². The molecule has 0 saturated carbocycles. The summed E-state index contributed by atoms with van der Waals surface area (Å²) < 4.78 is 7.56. The Morgan fingerprint density at radius 1 is 1.44 bits per heavy atom. The summed E-state index contributed by atoms with van der Waals surface area (Å²) >= 11 is 0. The Labute approximate surface area is 94.0 Å². The van der Waals surface area contributed by atoms with Crippen LogP contribution in [0.5, 0.6) is 5.88 Å². The zero-order valence-electron chi connectivity index (χ0n) is 9.53. The summed E-state index contributed by atoms with van der Waals surface area (Å²) in [4.78, 5) is 4.55. The zero-order chi connectivity index (χ0) is 11.3. The topological polar surface area (TPSA) is 52.5 Å². The number of anilines is 1. The van der Waals surface area contributed by atoms with Crippen molar-refractivity contribution in [1.82, 2.24) is 9.38 Å². The standard InChI is InChI=1S/C12H15N3O/c1-7(2)10-11(13)15-9(14-10)4-3-8-5-6-16-12(8)15/h3-4,7H,5-6,13H2,1-2H3. The SMILES string of the molecule is CC(C)c1nc2ccc3c(n2c1N)OCC3. The first-order valence-corrected chi connectivity index (χ1v) is 5.61. The van der Waals surface area contributed by atoms with Crippen molar-refractivity contribution in [2.75, 3.05) is 12.3 Å². The van der Waals surface area contributed by atoms with E-state index in [2.05, 4.69) is 24.9 Å². The molecule has 2 aromatic heterocycles. The summed E-state index contributed by atoms with van der Waals surface area (Å²) in [5, 5.41) is 0. The summed E-state index contributed by atoms with van der Waals surface area (Å²) in [6.07, 6.45) is 0.958. The van der Waals surface area contributed by atoms with E-state index in [1.807, 2.05) is 10.5 Å². The van der Waals surface area contributed by atoms with Crippen LogP contribution in [0, 0.1) is 0 Å². The number of hydrogen-bond donors (Lipinski definition) is 1. The Kier molecular flexibility index (Phi) is 1.87. The molecule has 2 aromatic rings. The van der Waals surface area contributed by atoms with Crippen LogP contribution in [0.4, 0.5) is 5.82 Å². The molecule has 2 N–H and O–H groups in total. The highest BCUT2D eigenvalue weighted by Crippen LogP contribution is 2.32. The molecule has 0 radical (unpaired) electrons. The monoisotopic (exact) mass is 217 g/mol. The number of fused-ring (bicyclic) bond motifs is 3. The van der Waals surface area contributed by atoms with Gasteiger partial charge in [-0.2, -0.15) is 0 Å². The first kappa shape index (κ1) is 9.51. The van der Waals surface area contributed by atoms with E-state index in [-0.39, 0.29) is 0 Å². The van der Waals surface area contributed by atoms with E-state index >= 15 is 0 Å². The molecule has 0 unspecified atom stereocenters. The normalized spacial score (nSPS) is 14.4. The lowest BCUT2D eigenvalue weighted by Crippen LogP contribution is -2.00. The number of nitrogens with zero attached hydrogens (tertiary/aromatic N) is 2.